The van der Waals surface area contributed by atoms with Gasteiger partial charge in [0.05, 0.1) is 16.3 Å². The van der Waals surface area contributed by atoms with Gasteiger partial charge in [0.1, 0.15) is 0 Å². The largest absolute Gasteiger partial charge is 0.255 e. The lowest BCUT2D eigenvalue weighted by Gasteiger charge is -2.13. The zero-order chi connectivity index (χ0) is 13.9. The van der Waals surface area contributed by atoms with E-state index < -0.39 is 0 Å². The number of thioether (sulfide) groups is 1. The zero-order valence-corrected chi connectivity index (χ0v) is 14.0. The molecule has 1 aliphatic rings. The molecule has 6 heteroatoms. The minimum absolute atomic E-state index is 0.833. The Morgan fingerprint density at radius 3 is 2.85 bits per heavy atom. The van der Waals surface area contributed by atoms with Gasteiger partial charge in [-0.25, -0.2) is 4.99 Å². The highest BCUT2D eigenvalue weighted by Crippen LogP contribution is 2.23. The number of aryl methyl sites for hydroxylation is 1. The van der Waals surface area contributed by atoms with Crippen LogP contribution in [0.15, 0.2) is 51.0 Å². The molecule has 0 radical (unpaired) electrons. The van der Waals surface area contributed by atoms with Gasteiger partial charge in [0, 0.05) is 15.1 Å². The highest BCUT2D eigenvalue weighted by molar-refractivity contribution is 9.10. The average Bonchev–Trinajstić information content (AvgIpc) is 2.86. The van der Waals surface area contributed by atoms with E-state index >= 15 is 0 Å². The monoisotopic (exact) mass is 365 g/mol. The van der Waals surface area contributed by atoms with Gasteiger partial charge in [0.25, 0.3) is 0 Å². The number of benzene rings is 1. The van der Waals surface area contributed by atoms with Gasteiger partial charge in [0.2, 0.25) is 0 Å². The number of nitrogens with zero attached hydrogens (tertiary/aromatic N) is 2. The van der Waals surface area contributed by atoms with E-state index in [1.165, 1.54) is 9.75 Å². The molecular formula is C14H12BrN3S2. The number of nitrogens with one attached hydrogen (secondary N) is 1. The van der Waals surface area contributed by atoms with Crippen molar-refractivity contribution in [3.05, 3.63) is 50.6 Å². The Bertz CT molecular complexity index is 691. The summed E-state index contributed by atoms with van der Waals surface area (Å²) in [6, 6.07) is 12.2. The maximum Gasteiger partial charge on any atom is 0.182 e. The summed E-state index contributed by atoms with van der Waals surface area (Å²) in [6.07, 6.45) is 0. The van der Waals surface area contributed by atoms with Gasteiger partial charge in [-0.1, -0.05) is 33.8 Å². The molecule has 1 aliphatic heterocycles. The van der Waals surface area contributed by atoms with Crippen molar-refractivity contribution in [1.29, 1.82) is 0 Å². The first kappa shape index (κ1) is 13.9. The van der Waals surface area contributed by atoms with E-state index in [0.29, 0.717) is 0 Å². The summed E-state index contributed by atoms with van der Waals surface area (Å²) in [5.41, 5.74) is 5.04. The number of amidine groups is 1. The number of thiophene rings is 1. The van der Waals surface area contributed by atoms with Crippen LogP contribution in [0.25, 0.3) is 0 Å². The van der Waals surface area contributed by atoms with Gasteiger partial charge in [0.15, 0.2) is 5.17 Å². The number of aliphatic imine (C=N–C) groups is 1. The number of hydrogen-bond donors (Lipinski definition) is 1. The smallest absolute Gasteiger partial charge is 0.182 e. The van der Waals surface area contributed by atoms with Crippen LogP contribution in [-0.2, 0) is 0 Å². The highest BCUT2D eigenvalue weighted by atomic mass is 79.9. The molecule has 3 rings (SSSR count). The van der Waals surface area contributed by atoms with E-state index in [4.69, 9.17) is 0 Å². The van der Waals surface area contributed by atoms with Gasteiger partial charge in [-0.05, 0) is 37.3 Å². The van der Waals surface area contributed by atoms with Crippen LogP contribution in [0.5, 0.6) is 0 Å². The summed E-state index contributed by atoms with van der Waals surface area (Å²) in [4.78, 5) is 7.08. The second kappa shape index (κ2) is 6.11. The van der Waals surface area contributed by atoms with E-state index in [1.54, 1.807) is 23.1 Å². The molecule has 0 spiro atoms. The zero-order valence-electron chi connectivity index (χ0n) is 10.8. The van der Waals surface area contributed by atoms with Crippen LogP contribution in [0, 0.1) is 6.92 Å². The van der Waals surface area contributed by atoms with Gasteiger partial charge < -0.3 is 0 Å². The van der Waals surface area contributed by atoms with Crippen molar-refractivity contribution in [2.24, 2.45) is 10.1 Å². The molecular weight excluding hydrogens is 354 g/mol. The van der Waals surface area contributed by atoms with Crippen LogP contribution < -0.4 is 5.43 Å². The predicted molar refractivity (Wildman–Crippen MR) is 92.4 cm³/mol. The molecule has 0 unspecified atom stereocenters. The van der Waals surface area contributed by atoms with Gasteiger partial charge >= 0.3 is 0 Å². The van der Waals surface area contributed by atoms with Crippen LogP contribution in [0.1, 0.15) is 9.75 Å². The predicted octanol–water partition coefficient (Wildman–Crippen LogP) is 4.55. The molecule has 2 aromatic rings. The van der Waals surface area contributed by atoms with Crippen LogP contribution >= 0.6 is 39.0 Å². The molecule has 3 nitrogen and oxygen atoms in total. The number of hydrazone groups is 1. The van der Waals surface area contributed by atoms with Crippen LogP contribution in [-0.4, -0.2) is 16.6 Å². The van der Waals surface area contributed by atoms with Crippen molar-refractivity contribution in [3.8, 4) is 0 Å². The third-order valence-electron chi connectivity index (χ3n) is 2.70. The second-order valence-corrected chi connectivity index (χ2v) is 7.43. The van der Waals surface area contributed by atoms with E-state index in [2.05, 4.69) is 50.5 Å². The first-order valence-electron chi connectivity index (χ1n) is 6.07. The van der Waals surface area contributed by atoms with E-state index in [-0.39, 0.29) is 0 Å². The quantitative estimate of drug-likeness (QED) is 0.847. The Kier molecular flexibility index (Phi) is 4.24. The molecule has 2 heterocycles. The summed E-state index contributed by atoms with van der Waals surface area (Å²) in [6.45, 7) is 2.11. The average molecular weight is 366 g/mol. The molecule has 0 saturated carbocycles. The fraction of sp³-hybridized carbons (Fsp3) is 0.143. The second-order valence-electron chi connectivity index (χ2n) is 4.27. The summed E-state index contributed by atoms with van der Waals surface area (Å²) >= 11 is 6.89. The first-order valence-corrected chi connectivity index (χ1v) is 8.67. The van der Waals surface area contributed by atoms with Crippen molar-refractivity contribution in [1.82, 2.24) is 5.43 Å². The third-order valence-corrected chi connectivity index (χ3v) is 5.11. The van der Waals surface area contributed by atoms with Crippen LogP contribution in [0.3, 0.4) is 0 Å². The standard InChI is InChI=1S/C14H12BrN3S2/c1-9-5-6-13(20-9)12-8-19-14(18-17-12)16-11-4-2-3-10(15)7-11/h2-7H,8H2,1H3,(H,16,18). The molecule has 0 aliphatic carbocycles. The molecule has 0 amide bonds. The number of hydrogen-bond acceptors (Lipinski definition) is 4. The lowest BCUT2D eigenvalue weighted by Crippen LogP contribution is -2.24. The van der Waals surface area contributed by atoms with Gasteiger partial charge in [-0.15, -0.1) is 11.3 Å². The fourth-order valence-electron chi connectivity index (χ4n) is 1.75. The Morgan fingerprint density at radius 2 is 2.20 bits per heavy atom. The minimum atomic E-state index is 0.833. The lowest BCUT2D eigenvalue weighted by molar-refractivity contribution is 1.04. The number of halogens is 1. The summed E-state index contributed by atoms with van der Waals surface area (Å²) in [5, 5.41) is 5.26. The molecule has 0 bridgehead atoms. The maximum atomic E-state index is 4.55. The highest BCUT2D eigenvalue weighted by Gasteiger charge is 2.14. The summed E-state index contributed by atoms with van der Waals surface area (Å²) in [7, 11) is 0. The van der Waals surface area contributed by atoms with Crippen molar-refractivity contribution in [2.75, 3.05) is 5.75 Å². The maximum absolute atomic E-state index is 4.55. The normalized spacial score (nSPS) is 16.9. The SMILES string of the molecule is Cc1ccc(C2=NNC(=Nc3cccc(Br)c3)SC2)s1. The van der Waals surface area contributed by atoms with Gasteiger partial charge in [-0.2, -0.15) is 5.10 Å². The summed E-state index contributed by atoms with van der Waals surface area (Å²) < 4.78 is 1.03. The molecule has 1 aromatic carbocycles. The Balaban J connectivity index is 1.76. The Labute approximate surface area is 134 Å². The molecule has 0 atom stereocenters. The lowest BCUT2D eigenvalue weighted by atomic mass is 10.3. The Hall–Kier alpha value is -1.11. The van der Waals surface area contributed by atoms with E-state index in [9.17, 15) is 0 Å². The summed E-state index contributed by atoms with van der Waals surface area (Å²) in [5.74, 6) is 0.847. The van der Waals surface area contributed by atoms with E-state index in [0.717, 1.165) is 26.8 Å². The fourth-order valence-corrected chi connectivity index (χ4v) is 3.86. The molecule has 102 valence electrons. The molecule has 0 saturated heterocycles. The third kappa shape index (κ3) is 3.31. The molecule has 20 heavy (non-hydrogen) atoms. The van der Waals surface area contributed by atoms with Crippen LogP contribution in [0.4, 0.5) is 5.69 Å². The topological polar surface area (TPSA) is 36.8 Å². The van der Waals surface area contributed by atoms with Crippen molar-refractivity contribution in [3.63, 3.8) is 0 Å². The van der Waals surface area contributed by atoms with Gasteiger partial charge in [-0.3, -0.25) is 5.43 Å². The first-order chi connectivity index (χ1) is 9.70. The molecule has 0 fully saturated rings. The minimum Gasteiger partial charge on any atom is -0.255 e. The molecule has 1 aromatic heterocycles. The van der Waals surface area contributed by atoms with Crippen molar-refractivity contribution >= 4 is 55.6 Å². The van der Waals surface area contributed by atoms with Crippen molar-refractivity contribution < 1.29 is 0 Å². The van der Waals surface area contributed by atoms with Crippen molar-refractivity contribution in [2.45, 2.75) is 6.92 Å². The van der Waals surface area contributed by atoms with E-state index in [1.807, 2.05) is 24.3 Å². The Morgan fingerprint density at radius 1 is 1.30 bits per heavy atom. The van der Waals surface area contributed by atoms with Crippen LogP contribution in [0.2, 0.25) is 0 Å². The molecule has 1 N–H and O–H groups in total. The number of rotatable bonds is 2.